The Balaban J connectivity index is 1.79. The Hall–Kier alpha value is -2.72. The van der Waals surface area contributed by atoms with Crippen molar-refractivity contribution in [2.45, 2.75) is 25.1 Å². The van der Waals surface area contributed by atoms with Gasteiger partial charge in [-0.2, -0.15) is 5.10 Å². The van der Waals surface area contributed by atoms with E-state index < -0.39 is 11.2 Å². The highest BCUT2D eigenvalue weighted by molar-refractivity contribution is 5.77. The number of nitrogens with one attached hydrogen (secondary N) is 1. The van der Waals surface area contributed by atoms with E-state index in [0.29, 0.717) is 19.7 Å². The minimum Gasteiger partial charge on any atom is -0.373 e. The smallest absolute Gasteiger partial charge is 0.328 e. The highest BCUT2D eigenvalue weighted by atomic mass is 16.5. The molecule has 10 heteroatoms. The molecular weight excluding hydrogens is 364 g/mol. The maximum absolute atomic E-state index is 13.0. The molecule has 2 aromatic rings. The molecule has 0 radical (unpaired) electrons. The van der Waals surface area contributed by atoms with Crippen molar-refractivity contribution in [3.8, 4) is 0 Å². The number of nitrogens with zero attached hydrogens (tertiary/aromatic N) is 5. The van der Waals surface area contributed by atoms with Crippen molar-refractivity contribution in [3.63, 3.8) is 0 Å². The Labute approximate surface area is 162 Å². The normalized spacial score (nSPS) is 19.9. The molecule has 1 amide bonds. The van der Waals surface area contributed by atoms with Crippen LogP contribution >= 0.6 is 0 Å². The third-order valence-electron chi connectivity index (χ3n) is 4.75. The van der Waals surface area contributed by atoms with Gasteiger partial charge < -0.3 is 19.1 Å². The van der Waals surface area contributed by atoms with Crippen LogP contribution in [0.1, 0.15) is 18.0 Å². The molecule has 0 saturated carbocycles. The number of aromatic amines is 1. The number of morpholine rings is 1. The summed E-state index contributed by atoms with van der Waals surface area (Å²) in [7, 11) is 5.77. The molecule has 2 aromatic heterocycles. The van der Waals surface area contributed by atoms with Crippen LogP contribution in [0.25, 0.3) is 0 Å². The van der Waals surface area contributed by atoms with Crippen molar-refractivity contribution < 1.29 is 9.53 Å². The fourth-order valence-electron chi connectivity index (χ4n) is 3.49. The molecule has 1 aliphatic heterocycles. The minimum atomic E-state index is -0.517. The van der Waals surface area contributed by atoms with Gasteiger partial charge in [-0.05, 0) is 14.1 Å². The number of amides is 1. The number of ether oxygens (including phenoxy) is 1. The first kappa shape index (κ1) is 20.0. The van der Waals surface area contributed by atoms with E-state index in [9.17, 15) is 14.4 Å². The van der Waals surface area contributed by atoms with Gasteiger partial charge in [-0.1, -0.05) is 0 Å². The molecule has 0 aromatic carbocycles. The van der Waals surface area contributed by atoms with E-state index in [4.69, 9.17) is 4.74 Å². The quantitative estimate of drug-likeness (QED) is 0.692. The summed E-state index contributed by atoms with van der Waals surface area (Å²) in [5.74, 6) is -0.0704. The first-order valence-electron chi connectivity index (χ1n) is 9.19. The molecule has 2 atom stereocenters. The van der Waals surface area contributed by atoms with Gasteiger partial charge >= 0.3 is 5.69 Å². The van der Waals surface area contributed by atoms with Gasteiger partial charge in [-0.15, -0.1) is 0 Å². The zero-order valence-corrected chi connectivity index (χ0v) is 16.4. The zero-order chi connectivity index (χ0) is 20.3. The molecular formula is C18H26N6O4. The standard InChI is InChI=1S/C18H26N6O4/c1-21(2)12-14-17(13-10-19-22(3)11-13)24(8-9-28-14)16(26)5-7-23-6-4-15(25)20-18(23)27/h4,6,10-11,14,17H,5,7-9,12H2,1-3H3,(H,20,25,27)/t14-,17-/m0/s1. The molecule has 28 heavy (non-hydrogen) atoms. The Morgan fingerprint density at radius 3 is 2.82 bits per heavy atom. The van der Waals surface area contributed by atoms with Gasteiger partial charge in [-0.25, -0.2) is 4.79 Å². The van der Waals surface area contributed by atoms with Crippen molar-refractivity contribution in [2.75, 3.05) is 33.8 Å². The predicted octanol–water partition coefficient (Wildman–Crippen LogP) is -0.809. The van der Waals surface area contributed by atoms with Crippen LogP contribution in [-0.2, 0) is 23.1 Å². The lowest BCUT2D eigenvalue weighted by molar-refractivity contribution is -0.148. The maximum atomic E-state index is 13.0. The summed E-state index contributed by atoms with van der Waals surface area (Å²) in [6, 6.07) is 1.02. The van der Waals surface area contributed by atoms with Gasteiger partial charge in [0, 0.05) is 57.1 Å². The Morgan fingerprint density at radius 2 is 2.18 bits per heavy atom. The van der Waals surface area contributed by atoms with Crippen LogP contribution in [0, 0.1) is 0 Å². The number of rotatable bonds is 6. The van der Waals surface area contributed by atoms with Crippen LogP contribution in [-0.4, -0.2) is 74.9 Å². The van der Waals surface area contributed by atoms with Crippen LogP contribution in [0.3, 0.4) is 0 Å². The molecule has 0 aliphatic carbocycles. The number of carbonyl (C=O) groups is 1. The van der Waals surface area contributed by atoms with E-state index >= 15 is 0 Å². The summed E-state index contributed by atoms with van der Waals surface area (Å²) in [6.45, 7) is 1.80. The molecule has 1 fully saturated rings. The second-order valence-electron chi connectivity index (χ2n) is 7.20. The van der Waals surface area contributed by atoms with Crippen LogP contribution in [0.2, 0.25) is 0 Å². The van der Waals surface area contributed by atoms with E-state index in [1.54, 1.807) is 10.9 Å². The maximum Gasteiger partial charge on any atom is 0.328 e. The van der Waals surface area contributed by atoms with Gasteiger partial charge in [0.1, 0.15) is 0 Å². The molecule has 0 spiro atoms. The van der Waals surface area contributed by atoms with Crippen molar-refractivity contribution >= 4 is 5.91 Å². The summed E-state index contributed by atoms with van der Waals surface area (Å²) in [5.41, 5.74) is -0.0518. The van der Waals surface area contributed by atoms with Crippen LogP contribution in [0.15, 0.2) is 34.2 Å². The van der Waals surface area contributed by atoms with Crippen LogP contribution in [0.5, 0.6) is 0 Å². The first-order chi connectivity index (χ1) is 13.3. The van der Waals surface area contributed by atoms with E-state index in [-0.39, 0.29) is 31.0 Å². The Bertz CT molecular complexity index is 930. The molecule has 152 valence electrons. The van der Waals surface area contributed by atoms with Crippen LogP contribution < -0.4 is 11.2 Å². The number of H-pyrrole nitrogens is 1. The van der Waals surface area contributed by atoms with E-state index in [1.165, 1.54) is 16.8 Å². The zero-order valence-electron chi connectivity index (χ0n) is 16.4. The summed E-state index contributed by atoms with van der Waals surface area (Å²) < 4.78 is 9.01. The molecule has 0 unspecified atom stereocenters. The fourth-order valence-corrected chi connectivity index (χ4v) is 3.49. The number of aryl methyl sites for hydroxylation is 2. The minimum absolute atomic E-state index is 0.0704. The molecule has 3 heterocycles. The molecule has 1 aliphatic rings. The van der Waals surface area contributed by atoms with Crippen molar-refractivity contribution in [3.05, 3.63) is 51.1 Å². The Kier molecular flexibility index (Phi) is 6.10. The summed E-state index contributed by atoms with van der Waals surface area (Å²) in [6.07, 6.45) is 5.04. The monoisotopic (exact) mass is 390 g/mol. The van der Waals surface area contributed by atoms with Gasteiger partial charge in [0.15, 0.2) is 0 Å². The van der Waals surface area contributed by atoms with Crippen molar-refractivity contribution in [1.29, 1.82) is 0 Å². The Morgan fingerprint density at radius 1 is 1.39 bits per heavy atom. The summed E-state index contributed by atoms with van der Waals surface area (Å²) >= 11 is 0. The average Bonchev–Trinajstić information content (AvgIpc) is 3.06. The SMILES string of the molecule is CN(C)C[C@@H]1OCCN(C(=O)CCn2ccc(=O)[nH]c2=O)[C@H]1c1cnn(C)c1. The number of hydrogen-bond donors (Lipinski definition) is 1. The second-order valence-corrected chi connectivity index (χ2v) is 7.20. The van der Waals surface area contributed by atoms with Crippen LogP contribution in [0.4, 0.5) is 0 Å². The number of carbonyl (C=O) groups excluding carboxylic acids is 1. The number of aromatic nitrogens is 4. The molecule has 3 rings (SSSR count). The molecule has 10 nitrogen and oxygen atoms in total. The number of hydrogen-bond acceptors (Lipinski definition) is 6. The van der Waals surface area contributed by atoms with Gasteiger partial charge in [0.2, 0.25) is 5.91 Å². The van der Waals surface area contributed by atoms with E-state index in [1.807, 2.05) is 37.1 Å². The van der Waals surface area contributed by atoms with Crippen molar-refractivity contribution in [1.82, 2.24) is 29.1 Å². The molecule has 1 N–H and O–H groups in total. The third kappa shape index (κ3) is 4.57. The average molecular weight is 390 g/mol. The van der Waals surface area contributed by atoms with E-state index in [0.717, 1.165) is 5.56 Å². The van der Waals surface area contributed by atoms with Gasteiger partial charge in [0.05, 0.1) is 24.9 Å². The topological polar surface area (TPSA) is 105 Å². The largest absolute Gasteiger partial charge is 0.373 e. The summed E-state index contributed by atoms with van der Waals surface area (Å²) in [4.78, 5) is 42.1. The second kappa shape index (κ2) is 8.53. The lowest BCUT2D eigenvalue weighted by atomic mass is 10.00. The third-order valence-corrected chi connectivity index (χ3v) is 4.75. The lowest BCUT2D eigenvalue weighted by Crippen LogP contribution is -2.51. The summed E-state index contributed by atoms with van der Waals surface area (Å²) in [5, 5.41) is 4.24. The lowest BCUT2D eigenvalue weighted by Gasteiger charge is -2.42. The molecule has 0 bridgehead atoms. The first-order valence-corrected chi connectivity index (χ1v) is 9.19. The number of likely N-dealkylation sites (N-methyl/N-ethyl adjacent to an activating group) is 1. The highest BCUT2D eigenvalue weighted by Crippen LogP contribution is 2.30. The van der Waals surface area contributed by atoms with Gasteiger partial charge in [0.25, 0.3) is 5.56 Å². The predicted molar refractivity (Wildman–Crippen MR) is 102 cm³/mol. The van der Waals surface area contributed by atoms with Crippen molar-refractivity contribution in [2.24, 2.45) is 7.05 Å². The van der Waals surface area contributed by atoms with E-state index in [2.05, 4.69) is 10.1 Å². The van der Waals surface area contributed by atoms with Gasteiger partial charge in [-0.3, -0.25) is 19.3 Å². The fraction of sp³-hybridized carbons (Fsp3) is 0.556. The highest BCUT2D eigenvalue weighted by Gasteiger charge is 2.37. The molecule has 1 saturated heterocycles.